The van der Waals surface area contributed by atoms with Crippen molar-refractivity contribution in [1.29, 1.82) is 0 Å². The summed E-state index contributed by atoms with van der Waals surface area (Å²) < 4.78 is 12.1. The molecule has 5 rings (SSSR count). The van der Waals surface area contributed by atoms with Gasteiger partial charge in [-0.15, -0.1) is 10.2 Å². The van der Waals surface area contributed by atoms with Gasteiger partial charge in [-0.25, -0.2) is 4.98 Å². The van der Waals surface area contributed by atoms with E-state index in [2.05, 4.69) is 42.0 Å². The molecule has 4 aromatic heterocycles. The Morgan fingerprint density at radius 3 is 3.10 bits per heavy atom. The molecule has 10 heteroatoms. The summed E-state index contributed by atoms with van der Waals surface area (Å²) in [5.41, 5.74) is 2.48. The molecule has 0 aromatic carbocycles. The van der Waals surface area contributed by atoms with E-state index in [0.29, 0.717) is 5.92 Å². The van der Waals surface area contributed by atoms with Crippen LogP contribution in [0.5, 0.6) is 5.88 Å². The van der Waals surface area contributed by atoms with Gasteiger partial charge in [0.05, 0.1) is 24.9 Å². The molecule has 3 atom stereocenters. The number of methoxy groups -OCH3 is 1. The van der Waals surface area contributed by atoms with Gasteiger partial charge >= 0.3 is 0 Å². The Bertz CT molecular complexity index is 1180. The molecule has 0 unspecified atom stereocenters. The van der Waals surface area contributed by atoms with Gasteiger partial charge in [0.25, 0.3) is 11.8 Å². The van der Waals surface area contributed by atoms with Gasteiger partial charge in [-0.1, -0.05) is 13.3 Å². The predicted octanol–water partition coefficient (Wildman–Crippen LogP) is 2.30. The Hall–Kier alpha value is -3.43. The van der Waals surface area contributed by atoms with E-state index in [0.717, 1.165) is 41.9 Å². The van der Waals surface area contributed by atoms with E-state index in [1.54, 1.807) is 6.20 Å². The number of H-pyrrole nitrogens is 1. The van der Waals surface area contributed by atoms with Crippen LogP contribution in [0.15, 0.2) is 29.0 Å². The van der Waals surface area contributed by atoms with Crippen LogP contribution >= 0.6 is 0 Å². The topological polar surface area (TPSA) is 123 Å². The van der Waals surface area contributed by atoms with E-state index >= 15 is 0 Å². The number of hydrogen-bond donors (Lipinski definition) is 2. The zero-order valence-electron chi connectivity index (χ0n) is 16.1. The fourth-order valence-electron chi connectivity index (χ4n) is 4.37. The minimum absolute atomic E-state index is 0.0180. The maximum Gasteiger partial charge on any atom is 0.290 e. The van der Waals surface area contributed by atoms with Crippen molar-refractivity contribution in [3.8, 4) is 5.88 Å². The fraction of sp³-hybridized carbons (Fsp3) is 0.421. The minimum atomic E-state index is -0.287. The smallest absolute Gasteiger partial charge is 0.290 e. The van der Waals surface area contributed by atoms with Gasteiger partial charge in [0.1, 0.15) is 5.82 Å². The van der Waals surface area contributed by atoms with Crippen molar-refractivity contribution in [2.24, 2.45) is 5.92 Å². The number of nitrogens with one attached hydrogen (secondary N) is 2. The van der Waals surface area contributed by atoms with Crippen LogP contribution in [0.4, 0.5) is 0 Å². The zero-order valence-corrected chi connectivity index (χ0v) is 16.1. The fourth-order valence-corrected chi connectivity index (χ4v) is 4.37. The average molecular weight is 395 g/mol. The van der Waals surface area contributed by atoms with Crippen molar-refractivity contribution < 1.29 is 14.1 Å². The first-order valence-corrected chi connectivity index (χ1v) is 9.66. The molecule has 29 heavy (non-hydrogen) atoms. The van der Waals surface area contributed by atoms with E-state index in [-0.39, 0.29) is 29.5 Å². The molecule has 0 radical (unpaired) electrons. The van der Waals surface area contributed by atoms with Crippen molar-refractivity contribution in [2.45, 2.75) is 38.1 Å². The summed E-state index contributed by atoms with van der Waals surface area (Å²) in [6, 6.07) is 3.49. The number of carbonyl (C=O) groups excluding carboxylic acids is 1. The van der Waals surface area contributed by atoms with Crippen molar-refractivity contribution in [3.63, 3.8) is 0 Å². The van der Waals surface area contributed by atoms with E-state index in [9.17, 15) is 4.79 Å². The highest BCUT2D eigenvalue weighted by Crippen LogP contribution is 2.41. The lowest BCUT2D eigenvalue weighted by atomic mass is 9.93. The van der Waals surface area contributed by atoms with Gasteiger partial charge in [0.2, 0.25) is 5.76 Å². The third-order valence-electron chi connectivity index (χ3n) is 5.77. The lowest BCUT2D eigenvalue weighted by Gasteiger charge is -2.15. The number of hydrogen-bond acceptors (Lipinski definition) is 7. The molecule has 150 valence electrons. The zero-order chi connectivity index (χ0) is 20.0. The van der Waals surface area contributed by atoms with Gasteiger partial charge in [-0.3, -0.25) is 9.20 Å². The van der Waals surface area contributed by atoms with Crippen LogP contribution in [0.1, 0.15) is 48.5 Å². The third-order valence-corrected chi connectivity index (χ3v) is 5.77. The van der Waals surface area contributed by atoms with Gasteiger partial charge in [-0.2, -0.15) is 0 Å². The average Bonchev–Trinajstić information content (AvgIpc) is 3.51. The number of amides is 1. The Morgan fingerprint density at radius 1 is 1.41 bits per heavy atom. The minimum Gasteiger partial charge on any atom is -0.479 e. The molecule has 0 bridgehead atoms. The van der Waals surface area contributed by atoms with E-state index in [1.807, 2.05) is 12.3 Å². The van der Waals surface area contributed by atoms with Gasteiger partial charge < -0.3 is 19.6 Å². The Morgan fingerprint density at radius 2 is 2.31 bits per heavy atom. The SMILES string of the molecule is CC[C@@H]1C[C@H](NC(=O)c2cc(OC)no2)C[C@@H]1c1nnc2cnc3[nH]ccc3n12. The number of aromatic nitrogens is 6. The van der Waals surface area contributed by atoms with Crippen molar-refractivity contribution in [3.05, 3.63) is 36.1 Å². The van der Waals surface area contributed by atoms with Gasteiger partial charge in [0, 0.05) is 18.2 Å². The Labute approximate surface area is 165 Å². The summed E-state index contributed by atoms with van der Waals surface area (Å²) in [7, 11) is 1.48. The molecule has 4 heterocycles. The van der Waals surface area contributed by atoms with Crippen LogP contribution in [0, 0.1) is 5.92 Å². The van der Waals surface area contributed by atoms with Gasteiger partial charge in [0.15, 0.2) is 11.3 Å². The quantitative estimate of drug-likeness (QED) is 0.531. The highest BCUT2D eigenvalue weighted by Gasteiger charge is 2.38. The number of ether oxygens (including phenoxy) is 1. The van der Waals surface area contributed by atoms with Crippen LogP contribution in [-0.4, -0.2) is 48.8 Å². The highest BCUT2D eigenvalue weighted by atomic mass is 16.5. The maximum absolute atomic E-state index is 12.5. The number of aromatic amines is 1. The summed E-state index contributed by atoms with van der Waals surface area (Å²) >= 11 is 0. The van der Waals surface area contributed by atoms with Crippen molar-refractivity contribution in [1.82, 2.24) is 35.0 Å². The molecule has 0 spiro atoms. The Balaban J connectivity index is 1.42. The number of carbonyl (C=O) groups is 1. The van der Waals surface area contributed by atoms with E-state index in [1.165, 1.54) is 13.2 Å². The number of fused-ring (bicyclic) bond motifs is 3. The first-order valence-electron chi connectivity index (χ1n) is 9.66. The van der Waals surface area contributed by atoms with Gasteiger partial charge in [-0.05, 0) is 30.0 Å². The maximum atomic E-state index is 12.5. The molecular formula is C19H21N7O3. The molecule has 0 saturated heterocycles. The summed E-state index contributed by atoms with van der Waals surface area (Å²) in [5.74, 6) is 1.63. The molecule has 10 nitrogen and oxygen atoms in total. The molecule has 2 N–H and O–H groups in total. The van der Waals surface area contributed by atoms with Crippen LogP contribution < -0.4 is 10.1 Å². The molecule has 1 aliphatic rings. The molecule has 1 amide bonds. The van der Waals surface area contributed by atoms with Crippen LogP contribution in [0.25, 0.3) is 16.8 Å². The number of rotatable bonds is 5. The standard InChI is InChI=1S/C19H21N7O3/c1-3-10-6-11(22-19(27)14-8-16(28-2)25-29-14)7-12(10)18-24-23-15-9-21-17-13(26(15)18)4-5-20-17/h4-5,8-12,20H,3,6-7H2,1-2H3,(H,22,27)/t10-,11+,12+/m1/s1. The lowest BCUT2D eigenvalue weighted by molar-refractivity contribution is 0.0899. The molecule has 1 aliphatic carbocycles. The molecule has 1 saturated carbocycles. The largest absolute Gasteiger partial charge is 0.479 e. The number of nitrogens with zero attached hydrogens (tertiary/aromatic N) is 5. The van der Waals surface area contributed by atoms with Crippen LogP contribution in [-0.2, 0) is 0 Å². The first kappa shape index (κ1) is 17.7. The molecular weight excluding hydrogens is 374 g/mol. The normalized spacial score (nSPS) is 21.8. The van der Waals surface area contributed by atoms with Crippen molar-refractivity contribution in [2.75, 3.05) is 7.11 Å². The van der Waals surface area contributed by atoms with Crippen molar-refractivity contribution >= 4 is 22.7 Å². The monoisotopic (exact) mass is 395 g/mol. The molecule has 4 aromatic rings. The lowest BCUT2D eigenvalue weighted by Crippen LogP contribution is -2.32. The second kappa shape index (κ2) is 6.87. The van der Waals surface area contributed by atoms with E-state index < -0.39 is 0 Å². The molecule has 1 fully saturated rings. The predicted molar refractivity (Wildman–Crippen MR) is 103 cm³/mol. The first-order chi connectivity index (χ1) is 14.2. The second-order valence-electron chi connectivity index (χ2n) is 7.37. The Kier molecular flexibility index (Phi) is 4.18. The highest BCUT2D eigenvalue weighted by molar-refractivity contribution is 5.91. The van der Waals surface area contributed by atoms with Crippen LogP contribution in [0.3, 0.4) is 0 Å². The summed E-state index contributed by atoms with van der Waals surface area (Å²) in [6.45, 7) is 2.17. The second-order valence-corrected chi connectivity index (χ2v) is 7.37. The summed E-state index contributed by atoms with van der Waals surface area (Å²) in [4.78, 5) is 20.0. The van der Waals surface area contributed by atoms with Crippen LogP contribution in [0.2, 0.25) is 0 Å². The molecule has 0 aliphatic heterocycles. The van der Waals surface area contributed by atoms with E-state index in [4.69, 9.17) is 9.26 Å². The third kappa shape index (κ3) is 2.91. The summed E-state index contributed by atoms with van der Waals surface area (Å²) in [6.07, 6.45) is 6.23. The summed E-state index contributed by atoms with van der Waals surface area (Å²) in [5, 5.41) is 15.6.